The van der Waals surface area contributed by atoms with Gasteiger partial charge < -0.3 is 15.7 Å². The van der Waals surface area contributed by atoms with E-state index >= 15 is 0 Å². The number of rotatable bonds is 2. The topological polar surface area (TPSA) is 49.5 Å². The van der Waals surface area contributed by atoms with E-state index in [4.69, 9.17) is 18.0 Å². The molecule has 19 heavy (non-hydrogen) atoms. The molecule has 1 saturated heterocycles. The molecule has 2 rings (SSSR count). The Morgan fingerprint density at radius 2 is 2.11 bits per heavy atom. The average molecular weight is 278 g/mol. The molecule has 1 aromatic carbocycles. The van der Waals surface area contributed by atoms with E-state index in [2.05, 4.69) is 17.0 Å². The highest BCUT2D eigenvalue weighted by Gasteiger charge is 2.26. The van der Waals surface area contributed by atoms with Crippen molar-refractivity contribution < 1.29 is 5.11 Å². The number of benzene rings is 1. The zero-order valence-electron chi connectivity index (χ0n) is 11.6. The molecule has 0 radical (unpaired) electrons. The molecule has 1 heterocycles. The molecule has 1 aromatic rings. The largest absolute Gasteiger partial charge is 0.390 e. The summed E-state index contributed by atoms with van der Waals surface area (Å²) >= 11 is 5.16. The minimum Gasteiger partial charge on any atom is -0.390 e. The number of anilines is 1. The lowest BCUT2D eigenvalue weighted by Crippen LogP contribution is -2.29. The summed E-state index contributed by atoms with van der Waals surface area (Å²) in [5.41, 5.74) is 8.48. The summed E-state index contributed by atoms with van der Waals surface area (Å²) in [6.07, 6.45) is 2.60. The number of nitrogens with zero attached hydrogens (tertiary/aromatic N) is 1. The molecule has 1 atom stereocenters. The molecule has 3 N–H and O–H groups in total. The van der Waals surface area contributed by atoms with E-state index in [0.29, 0.717) is 4.99 Å². The Morgan fingerprint density at radius 1 is 1.37 bits per heavy atom. The van der Waals surface area contributed by atoms with Crippen molar-refractivity contribution in [3.63, 3.8) is 0 Å². The van der Waals surface area contributed by atoms with E-state index in [0.717, 1.165) is 49.2 Å². The number of aryl methyl sites for hydroxylation is 1. The van der Waals surface area contributed by atoms with E-state index in [1.807, 2.05) is 19.9 Å². The van der Waals surface area contributed by atoms with Crippen LogP contribution in [0.1, 0.15) is 37.3 Å². The van der Waals surface area contributed by atoms with Crippen LogP contribution in [0.15, 0.2) is 18.2 Å². The quantitative estimate of drug-likeness (QED) is 0.816. The van der Waals surface area contributed by atoms with Crippen molar-refractivity contribution in [2.24, 2.45) is 5.73 Å². The van der Waals surface area contributed by atoms with Crippen molar-refractivity contribution in [3.05, 3.63) is 29.3 Å². The molecule has 1 unspecified atom stereocenters. The van der Waals surface area contributed by atoms with Gasteiger partial charge in [-0.3, -0.25) is 0 Å². The second-order valence-corrected chi connectivity index (χ2v) is 6.16. The number of hydrogen-bond acceptors (Lipinski definition) is 3. The van der Waals surface area contributed by atoms with Gasteiger partial charge in [0.05, 0.1) is 5.60 Å². The van der Waals surface area contributed by atoms with Crippen LogP contribution < -0.4 is 10.6 Å². The zero-order chi connectivity index (χ0) is 14.0. The third-order valence-electron chi connectivity index (χ3n) is 3.82. The van der Waals surface area contributed by atoms with Gasteiger partial charge in [0.1, 0.15) is 4.99 Å². The standard InChI is InChI=1S/C15H22N2OS/c1-11-4-5-13(12(10-11)14(16)19)17-8-3-6-15(2,18)7-9-17/h4-5,10,18H,3,6-9H2,1-2H3,(H2,16,19). The van der Waals surface area contributed by atoms with E-state index < -0.39 is 5.60 Å². The second kappa shape index (κ2) is 5.47. The van der Waals surface area contributed by atoms with Gasteiger partial charge in [-0.15, -0.1) is 0 Å². The first-order valence-electron chi connectivity index (χ1n) is 6.77. The predicted molar refractivity (Wildman–Crippen MR) is 83.8 cm³/mol. The van der Waals surface area contributed by atoms with E-state index in [9.17, 15) is 5.11 Å². The van der Waals surface area contributed by atoms with Crippen molar-refractivity contribution in [1.82, 2.24) is 0 Å². The summed E-state index contributed by atoms with van der Waals surface area (Å²) in [5.74, 6) is 0. The van der Waals surface area contributed by atoms with Crippen molar-refractivity contribution in [1.29, 1.82) is 0 Å². The molecule has 1 fully saturated rings. The number of aliphatic hydroxyl groups is 1. The van der Waals surface area contributed by atoms with Gasteiger partial charge in [0.15, 0.2) is 0 Å². The Balaban J connectivity index is 2.29. The molecule has 0 bridgehead atoms. The number of nitrogens with two attached hydrogens (primary N) is 1. The van der Waals surface area contributed by atoms with Crippen LogP contribution in [0.3, 0.4) is 0 Å². The van der Waals surface area contributed by atoms with Gasteiger partial charge in [-0.2, -0.15) is 0 Å². The molecule has 0 spiro atoms. The average Bonchev–Trinajstić information content (AvgIpc) is 2.50. The SMILES string of the molecule is Cc1ccc(N2CCCC(C)(O)CC2)c(C(N)=S)c1. The summed E-state index contributed by atoms with van der Waals surface area (Å²) in [5, 5.41) is 10.2. The van der Waals surface area contributed by atoms with Gasteiger partial charge >= 0.3 is 0 Å². The number of thiocarbonyl (C=S) groups is 1. The monoisotopic (exact) mass is 278 g/mol. The Morgan fingerprint density at radius 3 is 2.79 bits per heavy atom. The van der Waals surface area contributed by atoms with Crippen LogP contribution in [0.5, 0.6) is 0 Å². The second-order valence-electron chi connectivity index (χ2n) is 5.72. The van der Waals surface area contributed by atoms with Crippen LogP contribution >= 0.6 is 12.2 Å². The number of hydrogen-bond donors (Lipinski definition) is 2. The predicted octanol–water partition coefficient (Wildman–Crippen LogP) is 2.37. The third-order valence-corrected chi connectivity index (χ3v) is 4.04. The molecule has 104 valence electrons. The highest BCUT2D eigenvalue weighted by molar-refractivity contribution is 7.80. The highest BCUT2D eigenvalue weighted by atomic mass is 32.1. The molecule has 3 nitrogen and oxygen atoms in total. The van der Waals surface area contributed by atoms with Crippen molar-refractivity contribution >= 4 is 22.9 Å². The van der Waals surface area contributed by atoms with Crippen LogP contribution in [0.2, 0.25) is 0 Å². The molecular weight excluding hydrogens is 256 g/mol. The van der Waals surface area contributed by atoms with Crippen LogP contribution in [-0.2, 0) is 0 Å². The van der Waals surface area contributed by atoms with Crippen LogP contribution in [0.25, 0.3) is 0 Å². The summed E-state index contributed by atoms with van der Waals surface area (Å²) in [7, 11) is 0. The molecule has 0 aliphatic carbocycles. The minimum absolute atomic E-state index is 0.440. The first-order valence-corrected chi connectivity index (χ1v) is 7.18. The smallest absolute Gasteiger partial charge is 0.106 e. The van der Waals surface area contributed by atoms with E-state index in [1.165, 1.54) is 0 Å². The van der Waals surface area contributed by atoms with Crippen LogP contribution in [0.4, 0.5) is 5.69 Å². The fourth-order valence-corrected chi connectivity index (χ4v) is 2.79. The minimum atomic E-state index is -0.553. The Labute approximate surface area is 120 Å². The molecule has 1 aliphatic heterocycles. The molecule has 0 saturated carbocycles. The summed E-state index contributed by atoms with van der Waals surface area (Å²) in [6, 6.07) is 6.21. The maximum absolute atomic E-state index is 10.2. The van der Waals surface area contributed by atoms with E-state index in [-0.39, 0.29) is 0 Å². The normalized spacial score (nSPS) is 24.1. The highest BCUT2D eigenvalue weighted by Crippen LogP contribution is 2.28. The van der Waals surface area contributed by atoms with Crippen LogP contribution in [0, 0.1) is 6.92 Å². The maximum Gasteiger partial charge on any atom is 0.106 e. The fraction of sp³-hybridized carbons (Fsp3) is 0.533. The van der Waals surface area contributed by atoms with Gasteiger partial charge in [0, 0.05) is 24.3 Å². The lowest BCUT2D eigenvalue weighted by molar-refractivity contribution is 0.0481. The van der Waals surface area contributed by atoms with Crippen molar-refractivity contribution in [3.8, 4) is 0 Å². The lowest BCUT2D eigenvalue weighted by atomic mass is 9.98. The Kier molecular flexibility index (Phi) is 4.11. The first kappa shape index (κ1) is 14.3. The van der Waals surface area contributed by atoms with E-state index in [1.54, 1.807) is 0 Å². The van der Waals surface area contributed by atoms with Crippen molar-refractivity contribution in [2.75, 3.05) is 18.0 Å². The van der Waals surface area contributed by atoms with Gasteiger partial charge in [-0.25, -0.2) is 0 Å². The maximum atomic E-state index is 10.2. The Hall–Kier alpha value is -1.13. The van der Waals surface area contributed by atoms with Gasteiger partial charge in [-0.05, 0) is 45.2 Å². The van der Waals surface area contributed by atoms with Gasteiger partial charge in [0.25, 0.3) is 0 Å². The fourth-order valence-electron chi connectivity index (χ4n) is 2.63. The molecular formula is C15H22N2OS. The Bertz CT molecular complexity index is 485. The van der Waals surface area contributed by atoms with Crippen molar-refractivity contribution in [2.45, 2.75) is 38.7 Å². The molecule has 4 heteroatoms. The summed E-state index contributed by atoms with van der Waals surface area (Å²) in [4.78, 5) is 2.73. The molecule has 0 aromatic heterocycles. The third kappa shape index (κ3) is 3.45. The van der Waals surface area contributed by atoms with Crippen LogP contribution in [-0.4, -0.2) is 28.8 Å². The summed E-state index contributed by atoms with van der Waals surface area (Å²) < 4.78 is 0. The first-order chi connectivity index (χ1) is 8.89. The van der Waals surface area contributed by atoms with Gasteiger partial charge in [-0.1, -0.05) is 23.8 Å². The van der Waals surface area contributed by atoms with Gasteiger partial charge in [0.2, 0.25) is 0 Å². The zero-order valence-corrected chi connectivity index (χ0v) is 12.5. The summed E-state index contributed by atoms with van der Waals surface area (Å²) in [6.45, 7) is 5.74. The molecule has 1 aliphatic rings. The molecule has 0 amide bonds. The lowest BCUT2D eigenvalue weighted by Gasteiger charge is -2.26.